The third kappa shape index (κ3) is 3.01. The SMILES string of the molecule is CC1CCN(Cc2ccc3c(c2)CCC[C@H]3N)CC1. The Hall–Kier alpha value is -0.860. The van der Waals surface area contributed by atoms with Crippen LogP contribution in [-0.4, -0.2) is 18.0 Å². The molecule has 0 saturated carbocycles. The Morgan fingerprint density at radius 3 is 2.79 bits per heavy atom. The summed E-state index contributed by atoms with van der Waals surface area (Å²) in [5.41, 5.74) is 10.6. The Morgan fingerprint density at radius 2 is 2.00 bits per heavy atom. The van der Waals surface area contributed by atoms with Gasteiger partial charge in [0.15, 0.2) is 0 Å². The molecule has 1 aliphatic heterocycles. The second kappa shape index (κ2) is 5.64. The lowest BCUT2D eigenvalue weighted by molar-refractivity contribution is 0.185. The van der Waals surface area contributed by atoms with Crippen molar-refractivity contribution in [3.63, 3.8) is 0 Å². The summed E-state index contributed by atoms with van der Waals surface area (Å²) in [5, 5.41) is 0. The van der Waals surface area contributed by atoms with Crippen molar-refractivity contribution in [1.29, 1.82) is 0 Å². The van der Waals surface area contributed by atoms with E-state index in [4.69, 9.17) is 5.73 Å². The first-order valence-electron chi connectivity index (χ1n) is 7.82. The van der Waals surface area contributed by atoms with E-state index in [0.29, 0.717) is 0 Å². The zero-order valence-electron chi connectivity index (χ0n) is 12.1. The highest BCUT2D eigenvalue weighted by Crippen LogP contribution is 2.29. The van der Waals surface area contributed by atoms with Crippen LogP contribution in [0.15, 0.2) is 18.2 Å². The lowest BCUT2D eigenvalue weighted by Crippen LogP contribution is -2.32. The highest BCUT2D eigenvalue weighted by molar-refractivity contribution is 5.36. The van der Waals surface area contributed by atoms with E-state index in [1.807, 2.05) is 0 Å². The van der Waals surface area contributed by atoms with Crippen LogP contribution in [0.25, 0.3) is 0 Å². The van der Waals surface area contributed by atoms with Gasteiger partial charge in [0.1, 0.15) is 0 Å². The molecule has 2 aliphatic rings. The Balaban J connectivity index is 1.68. The zero-order chi connectivity index (χ0) is 13.2. The van der Waals surface area contributed by atoms with Gasteiger partial charge in [0.2, 0.25) is 0 Å². The number of hydrogen-bond acceptors (Lipinski definition) is 2. The number of aryl methyl sites for hydroxylation is 1. The summed E-state index contributed by atoms with van der Waals surface area (Å²) in [6, 6.07) is 7.25. The van der Waals surface area contributed by atoms with E-state index in [0.717, 1.165) is 18.9 Å². The van der Waals surface area contributed by atoms with Crippen molar-refractivity contribution in [2.24, 2.45) is 11.7 Å². The van der Waals surface area contributed by atoms with Gasteiger partial charge >= 0.3 is 0 Å². The van der Waals surface area contributed by atoms with Crippen molar-refractivity contribution in [1.82, 2.24) is 4.90 Å². The summed E-state index contributed by atoms with van der Waals surface area (Å²) in [6.07, 6.45) is 6.33. The minimum Gasteiger partial charge on any atom is -0.324 e. The fourth-order valence-electron chi connectivity index (χ4n) is 3.48. The van der Waals surface area contributed by atoms with Gasteiger partial charge in [-0.2, -0.15) is 0 Å². The number of benzene rings is 1. The minimum atomic E-state index is 0.272. The van der Waals surface area contributed by atoms with Crippen molar-refractivity contribution >= 4 is 0 Å². The summed E-state index contributed by atoms with van der Waals surface area (Å²) in [4.78, 5) is 2.60. The smallest absolute Gasteiger partial charge is 0.0297 e. The third-order valence-electron chi connectivity index (χ3n) is 4.85. The maximum atomic E-state index is 6.19. The van der Waals surface area contributed by atoms with E-state index >= 15 is 0 Å². The van der Waals surface area contributed by atoms with E-state index < -0.39 is 0 Å². The number of piperidine rings is 1. The van der Waals surface area contributed by atoms with Gasteiger partial charge in [0.25, 0.3) is 0 Å². The molecule has 104 valence electrons. The molecule has 3 rings (SSSR count). The summed E-state index contributed by atoms with van der Waals surface area (Å²) < 4.78 is 0. The minimum absolute atomic E-state index is 0.272. The third-order valence-corrected chi connectivity index (χ3v) is 4.85. The number of rotatable bonds is 2. The second-order valence-corrected chi connectivity index (χ2v) is 6.49. The van der Waals surface area contributed by atoms with E-state index in [-0.39, 0.29) is 6.04 Å². The van der Waals surface area contributed by atoms with Crippen molar-refractivity contribution < 1.29 is 0 Å². The summed E-state index contributed by atoms with van der Waals surface area (Å²) >= 11 is 0. The zero-order valence-corrected chi connectivity index (χ0v) is 12.1. The molecule has 2 nitrogen and oxygen atoms in total. The summed E-state index contributed by atoms with van der Waals surface area (Å²) in [6.45, 7) is 6.02. The van der Waals surface area contributed by atoms with E-state index in [1.54, 1.807) is 0 Å². The van der Waals surface area contributed by atoms with Gasteiger partial charge < -0.3 is 5.73 Å². The molecule has 1 saturated heterocycles. The van der Waals surface area contributed by atoms with Gasteiger partial charge in [-0.3, -0.25) is 4.90 Å². The molecule has 19 heavy (non-hydrogen) atoms. The van der Waals surface area contributed by atoms with Crippen LogP contribution >= 0.6 is 0 Å². The average molecular weight is 258 g/mol. The maximum absolute atomic E-state index is 6.19. The highest BCUT2D eigenvalue weighted by atomic mass is 15.1. The van der Waals surface area contributed by atoms with Crippen LogP contribution in [0, 0.1) is 5.92 Å². The first-order chi connectivity index (χ1) is 9.22. The number of nitrogens with zero attached hydrogens (tertiary/aromatic N) is 1. The standard InChI is InChI=1S/C17H26N2/c1-13-7-9-19(10-8-13)12-14-5-6-16-15(11-14)3-2-4-17(16)18/h5-6,11,13,17H,2-4,7-10,12,18H2,1H3/t17-/m1/s1. The number of hydrogen-bond donors (Lipinski definition) is 1. The van der Waals surface area contributed by atoms with Crippen LogP contribution in [0.3, 0.4) is 0 Å². The van der Waals surface area contributed by atoms with Crippen LogP contribution in [0.2, 0.25) is 0 Å². The molecule has 1 heterocycles. The normalized spacial score (nSPS) is 25.3. The molecule has 1 aromatic carbocycles. The van der Waals surface area contributed by atoms with Gasteiger partial charge in [-0.25, -0.2) is 0 Å². The van der Waals surface area contributed by atoms with Crippen molar-refractivity contribution in [2.45, 2.75) is 51.6 Å². The van der Waals surface area contributed by atoms with Crippen LogP contribution < -0.4 is 5.73 Å². The predicted octanol–water partition coefficient (Wildman–Crippen LogP) is 3.25. The Bertz CT molecular complexity index is 433. The summed E-state index contributed by atoms with van der Waals surface area (Å²) in [5.74, 6) is 0.915. The van der Waals surface area contributed by atoms with Gasteiger partial charge in [-0.15, -0.1) is 0 Å². The lowest BCUT2D eigenvalue weighted by Gasteiger charge is -2.30. The molecule has 1 aliphatic carbocycles. The van der Waals surface area contributed by atoms with Crippen LogP contribution in [-0.2, 0) is 13.0 Å². The molecule has 0 radical (unpaired) electrons. The molecule has 0 aromatic heterocycles. The maximum Gasteiger partial charge on any atom is 0.0297 e. The van der Waals surface area contributed by atoms with Crippen molar-refractivity contribution in [3.8, 4) is 0 Å². The summed E-state index contributed by atoms with van der Waals surface area (Å²) in [7, 11) is 0. The van der Waals surface area contributed by atoms with Gasteiger partial charge in [0, 0.05) is 12.6 Å². The molecule has 2 heteroatoms. The van der Waals surface area contributed by atoms with E-state index in [1.165, 1.54) is 55.5 Å². The molecule has 1 aromatic rings. The van der Waals surface area contributed by atoms with Gasteiger partial charge in [-0.05, 0) is 67.8 Å². The van der Waals surface area contributed by atoms with E-state index in [9.17, 15) is 0 Å². The fraction of sp³-hybridized carbons (Fsp3) is 0.647. The monoisotopic (exact) mass is 258 g/mol. The molecule has 1 fully saturated rings. The van der Waals surface area contributed by atoms with Crippen LogP contribution in [0.4, 0.5) is 0 Å². The number of fused-ring (bicyclic) bond motifs is 1. The van der Waals surface area contributed by atoms with E-state index in [2.05, 4.69) is 30.0 Å². The van der Waals surface area contributed by atoms with Gasteiger partial charge in [-0.1, -0.05) is 25.1 Å². The largest absolute Gasteiger partial charge is 0.324 e. The topological polar surface area (TPSA) is 29.3 Å². The highest BCUT2D eigenvalue weighted by Gasteiger charge is 2.19. The molecular weight excluding hydrogens is 232 g/mol. The molecule has 0 unspecified atom stereocenters. The number of likely N-dealkylation sites (tertiary alicyclic amines) is 1. The van der Waals surface area contributed by atoms with Crippen LogP contribution in [0.1, 0.15) is 55.3 Å². The van der Waals surface area contributed by atoms with Crippen LogP contribution in [0.5, 0.6) is 0 Å². The molecule has 0 spiro atoms. The molecule has 2 N–H and O–H groups in total. The van der Waals surface area contributed by atoms with Gasteiger partial charge in [0.05, 0.1) is 0 Å². The first-order valence-corrected chi connectivity index (χ1v) is 7.82. The first kappa shape index (κ1) is 13.1. The number of nitrogens with two attached hydrogens (primary N) is 1. The Labute approximate surface area is 117 Å². The molecule has 0 amide bonds. The lowest BCUT2D eigenvalue weighted by atomic mass is 9.87. The predicted molar refractivity (Wildman–Crippen MR) is 80.0 cm³/mol. The molecular formula is C17H26N2. The Morgan fingerprint density at radius 1 is 1.21 bits per heavy atom. The quantitative estimate of drug-likeness (QED) is 0.882. The Kier molecular flexibility index (Phi) is 3.90. The fourth-order valence-corrected chi connectivity index (χ4v) is 3.48. The molecule has 0 bridgehead atoms. The van der Waals surface area contributed by atoms with Crippen molar-refractivity contribution in [3.05, 3.63) is 34.9 Å². The molecule has 1 atom stereocenters. The second-order valence-electron chi connectivity index (χ2n) is 6.49. The van der Waals surface area contributed by atoms with Crippen molar-refractivity contribution in [2.75, 3.05) is 13.1 Å². The average Bonchev–Trinajstić information content (AvgIpc) is 2.42.